The molecule has 112 valence electrons. The summed E-state index contributed by atoms with van der Waals surface area (Å²) in [5.74, 6) is 0.164. The van der Waals surface area contributed by atoms with Crippen LogP contribution in [0, 0.1) is 5.92 Å². The number of sulfonamides is 1. The molecule has 2 heterocycles. The van der Waals surface area contributed by atoms with Gasteiger partial charge in [-0.15, -0.1) is 0 Å². The molecule has 0 aliphatic carbocycles. The third kappa shape index (κ3) is 3.93. The van der Waals surface area contributed by atoms with Gasteiger partial charge >= 0.3 is 0 Å². The molecule has 1 unspecified atom stereocenters. The number of halogens is 2. The number of nitrogens with zero attached hydrogens (tertiary/aromatic N) is 2. The molecule has 0 amide bonds. The summed E-state index contributed by atoms with van der Waals surface area (Å²) in [4.78, 5) is 12.0. The minimum absolute atomic E-state index is 0.0929. The van der Waals surface area contributed by atoms with Gasteiger partial charge in [0, 0.05) is 30.3 Å². The average Bonchev–Trinajstić information content (AvgIpc) is 2.35. The summed E-state index contributed by atoms with van der Waals surface area (Å²) < 4.78 is 27.7. The molecule has 2 rings (SSSR count). The fraction of sp³-hybridized carbons (Fsp3) is 0.583. The zero-order valence-electron chi connectivity index (χ0n) is 11.1. The monoisotopic (exact) mass is 426 g/mol. The van der Waals surface area contributed by atoms with Crippen molar-refractivity contribution in [1.29, 1.82) is 0 Å². The van der Waals surface area contributed by atoms with E-state index >= 15 is 0 Å². The highest BCUT2D eigenvalue weighted by Gasteiger charge is 2.26. The van der Waals surface area contributed by atoms with Crippen molar-refractivity contribution >= 4 is 41.9 Å². The smallest absolute Gasteiger partial charge is 0.264 e. The lowest BCUT2D eigenvalue weighted by Gasteiger charge is -2.31. The van der Waals surface area contributed by atoms with E-state index in [0.29, 0.717) is 24.1 Å². The Morgan fingerprint density at radius 2 is 2.10 bits per heavy atom. The van der Waals surface area contributed by atoms with Crippen LogP contribution >= 0.6 is 31.9 Å². The third-order valence-electron chi connectivity index (χ3n) is 3.41. The average molecular weight is 428 g/mol. The third-order valence-corrected chi connectivity index (χ3v) is 5.69. The molecule has 0 aromatic carbocycles. The number of pyridine rings is 1. The summed E-state index contributed by atoms with van der Waals surface area (Å²) in [6.45, 7) is 1.59. The summed E-state index contributed by atoms with van der Waals surface area (Å²) >= 11 is 6.60. The molecule has 1 aliphatic heterocycles. The van der Waals surface area contributed by atoms with E-state index in [1.54, 1.807) is 16.8 Å². The topological polar surface area (TPSA) is 59.4 Å². The second-order valence-corrected chi connectivity index (χ2v) is 8.85. The fourth-order valence-corrected chi connectivity index (χ4v) is 4.66. The molecule has 1 aromatic heterocycles. The molecule has 0 spiro atoms. The van der Waals surface area contributed by atoms with Gasteiger partial charge in [0.25, 0.3) is 5.56 Å². The molecule has 0 radical (unpaired) electrons. The normalized spacial score (nSPS) is 21.1. The van der Waals surface area contributed by atoms with Crippen molar-refractivity contribution in [1.82, 2.24) is 8.87 Å². The van der Waals surface area contributed by atoms with Crippen molar-refractivity contribution < 1.29 is 8.42 Å². The Balaban J connectivity index is 2.16. The Hall–Kier alpha value is -0.180. The molecular formula is C12H16Br2N2O3S. The van der Waals surface area contributed by atoms with Crippen molar-refractivity contribution in [3.63, 3.8) is 0 Å². The second kappa shape index (κ2) is 6.29. The van der Waals surface area contributed by atoms with E-state index in [4.69, 9.17) is 0 Å². The minimum atomic E-state index is -3.15. The van der Waals surface area contributed by atoms with E-state index in [1.165, 1.54) is 10.6 Å². The van der Waals surface area contributed by atoms with Gasteiger partial charge in [0.05, 0.1) is 10.7 Å². The first-order valence-corrected chi connectivity index (χ1v) is 9.71. The first-order chi connectivity index (χ1) is 9.27. The zero-order chi connectivity index (χ0) is 14.9. The SMILES string of the molecule is CS(=O)(=O)N1CCCC(Cn2cc(Br)cc(Br)c2=O)C1. The summed E-state index contributed by atoms with van der Waals surface area (Å²) in [7, 11) is -3.15. The molecular weight excluding hydrogens is 412 g/mol. The summed E-state index contributed by atoms with van der Waals surface area (Å²) in [5.41, 5.74) is -0.0929. The van der Waals surface area contributed by atoms with Gasteiger partial charge in [-0.3, -0.25) is 4.79 Å². The molecule has 1 saturated heterocycles. The summed E-state index contributed by atoms with van der Waals surface area (Å²) in [6, 6.07) is 1.71. The first kappa shape index (κ1) is 16.2. The van der Waals surface area contributed by atoms with E-state index in [0.717, 1.165) is 17.3 Å². The van der Waals surface area contributed by atoms with Gasteiger partial charge in [-0.05, 0) is 56.7 Å². The van der Waals surface area contributed by atoms with Crippen LogP contribution in [0.1, 0.15) is 12.8 Å². The van der Waals surface area contributed by atoms with E-state index in [9.17, 15) is 13.2 Å². The van der Waals surface area contributed by atoms with Crippen molar-refractivity contribution in [2.24, 2.45) is 5.92 Å². The number of aromatic nitrogens is 1. The molecule has 5 nitrogen and oxygen atoms in total. The van der Waals surface area contributed by atoms with E-state index in [-0.39, 0.29) is 11.5 Å². The Morgan fingerprint density at radius 3 is 2.75 bits per heavy atom. The van der Waals surface area contributed by atoms with Gasteiger partial charge in [0.15, 0.2) is 0 Å². The van der Waals surface area contributed by atoms with Crippen LogP contribution in [0.4, 0.5) is 0 Å². The van der Waals surface area contributed by atoms with Crippen molar-refractivity contribution in [3.8, 4) is 0 Å². The number of piperidine rings is 1. The highest BCUT2D eigenvalue weighted by atomic mass is 79.9. The van der Waals surface area contributed by atoms with E-state index in [1.807, 2.05) is 0 Å². The van der Waals surface area contributed by atoms with Crippen molar-refractivity contribution in [3.05, 3.63) is 31.6 Å². The maximum Gasteiger partial charge on any atom is 0.264 e. The van der Waals surface area contributed by atoms with Crippen LogP contribution in [-0.2, 0) is 16.6 Å². The standard InChI is InChI=1S/C12H16Br2N2O3S/c1-20(18,19)16-4-2-3-9(7-16)6-15-8-10(13)5-11(14)12(15)17/h5,8-9H,2-4,6-7H2,1H3. The zero-order valence-corrected chi connectivity index (χ0v) is 15.0. The maximum atomic E-state index is 12.0. The summed E-state index contributed by atoms with van der Waals surface area (Å²) in [6.07, 6.45) is 4.74. The van der Waals surface area contributed by atoms with Crippen molar-refractivity contribution in [2.45, 2.75) is 19.4 Å². The molecule has 0 bridgehead atoms. The van der Waals surface area contributed by atoms with Gasteiger partial charge in [-0.25, -0.2) is 12.7 Å². The van der Waals surface area contributed by atoms with Crippen LogP contribution in [0.3, 0.4) is 0 Å². The van der Waals surface area contributed by atoms with Crippen LogP contribution < -0.4 is 5.56 Å². The predicted octanol–water partition coefficient (Wildman–Crippen LogP) is 2.04. The van der Waals surface area contributed by atoms with Crippen LogP contribution in [0.2, 0.25) is 0 Å². The first-order valence-electron chi connectivity index (χ1n) is 6.28. The molecule has 1 aromatic rings. The number of hydrogen-bond acceptors (Lipinski definition) is 3. The predicted molar refractivity (Wildman–Crippen MR) is 85.2 cm³/mol. The molecule has 1 aliphatic rings. The lowest BCUT2D eigenvalue weighted by atomic mass is 9.99. The number of rotatable bonds is 3. The summed E-state index contributed by atoms with van der Waals surface area (Å²) in [5, 5.41) is 0. The lowest BCUT2D eigenvalue weighted by Crippen LogP contribution is -2.41. The quantitative estimate of drug-likeness (QED) is 0.741. The van der Waals surface area contributed by atoms with E-state index < -0.39 is 10.0 Å². The molecule has 0 saturated carbocycles. The van der Waals surface area contributed by atoms with Gasteiger partial charge < -0.3 is 4.57 Å². The molecule has 20 heavy (non-hydrogen) atoms. The van der Waals surface area contributed by atoms with Crippen LogP contribution in [0.5, 0.6) is 0 Å². The Bertz CT molecular complexity index is 657. The highest BCUT2D eigenvalue weighted by Crippen LogP contribution is 2.21. The second-order valence-electron chi connectivity index (χ2n) is 5.09. The number of hydrogen-bond donors (Lipinski definition) is 0. The Kier molecular flexibility index (Phi) is 5.09. The van der Waals surface area contributed by atoms with Crippen LogP contribution in [0.15, 0.2) is 26.0 Å². The Morgan fingerprint density at radius 1 is 1.40 bits per heavy atom. The van der Waals surface area contributed by atoms with Gasteiger partial charge in [-0.1, -0.05) is 0 Å². The molecule has 0 N–H and O–H groups in total. The fourth-order valence-electron chi connectivity index (χ4n) is 2.46. The van der Waals surface area contributed by atoms with Crippen LogP contribution in [0.25, 0.3) is 0 Å². The Labute approximate surface area is 135 Å². The van der Waals surface area contributed by atoms with Gasteiger partial charge in [0.1, 0.15) is 0 Å². The van der Waals surface area contributed by atoms with Crippen molar-refractivity contribution in [2.75, 3.05) is 19.3 Å². The van der Waals surface area contributed by atoms with Crippen LogP contribution in [-0.4, -0.2) is 36.6 Å². The van der Waals surface area contributed by atoms with Gasteiger partial charge in [-0.2, -0.15) is 0 Å². The largest absolute Gasteiger partial charge is 0.313 e. The maximum absolute atomic E-state index is 12.0. The minimum Gasteiger partial charge on any atom is -0.313 e. The van der Waals surface area contributed by atoms with E-state index in [2.05, 4.69) is 31.9 Å². The molecule has 1 fully saturated rings. The lowest BCUT2D eigenvalue weighted by molar-refractivity contribution is 0.244. The van der Waals surface area contributed by atoms with Gasteiger partial charge in [0.2, 0.25) is 10.0 Å². The molecule has 8 heteroatoms. The highest BCUT2D eigenvalue weighted by molar-refractivity contribution is 9.11. The molecule has 1 atom stereocenters.